The number of imidazole rings is 1. The number of H-pyrrole nitrogens is 1. The lowest BCUT2D eigenvalue weighted by Gasteiger charge is -2.19. The molecule has 0 fully saturated rings. The van der Waals surface area contributed by atoms with E-state index in [2.05, 4.69) is 25.3 Å². The van der Waals surface area contributed by atoms with Gasteiger partial charge in [0.1, 0.15) is 17.2 Å². The Morgan fingerprint density at radius 1 is 0.973 bits per heavy atom. The van der Waals surface area contributed by atoms with Crippen LogP contribution in [-0.4, -0.2) is 47.6 Å². The number of aromatic nitrogens is 4. The van der Waals surface area contributed by atoms with Crippen molar-refractivity contribution in [3.8, 4) is 11.4 Å². The van der Waals surface area contributed by atoms with Crippen LogP contribution >= 0.6 is 0 Å². The predicted molar refractivity (Wildman–Crippen MR) is 143 cm³/mol. The number of rotatable bonds is 7. The first-order valence-electron chi connectivity index (χ1n) is 11.2. The maximum atomic E-state index is 11.7. The zero-order chi connectivity index (χ0) is 26.2. The molecule has 0 radical (unpaired) electrons. The fraction of sp³-hybridized carbons (Fsp3) is 0.0769. The first kappa shape index (κ1) is 23.9. The molecule has 1 amide bonds. The monoisotopic (exact) mass is 513 g/mol. The summed E-state index contributed by atoms with van der Waals surface area (Å²) in [5, 5.41) is 3.19. The Labute approximate surface area is 213 Å². The Morgan fingerprint density at radius 2 is 1.70 bits per heavy atom. The van der Waals surface area contributed by atoms with Crippen molar-refractivity contribution in [2.75, 3.05) is 23.5 Å². The molecule has 4 N–H and O–H groups in total. The molecule has 0 spiro atoms. The summed E-state index contributed by atoms with van der Waals surface area (Å²) in [6.07, 6.45) is 2.82. The Balaban J connectivity index is 1.34. The fourth-order valence-electron chi connectivity index (χ4n) is 3.85. The van der Waals surface area contributed by atoms with E-state index in [1.807, 2.05) is 42.3 Å². The van der Waals surface area contributed by atoms with E-state index in [0.29, 0.717) is 28.7 Å². The molecule has 0 atom stereocenters. The molecular formula is C26H23N7O3S. The number of anilines is 4. The van der Waals surface area contributed by atoms with Crippen LogP contribution in [0.3, 0.4) is 0 Å². The Morgan fingerprint density at radius 3 is 2.38 bits per heavy atom. The number of nitrogens with one attached hydrogen (secondary N) is 2. The van der Waals surface area contributed by atoms with Gasteiger partial charge in [0.05, 0.1) is 16.0 Å². The van der Waals surface area contributed by atoms with Gasteiger partial charge in [0.15, 0.2) is 9.84 Å². The molecule has 2 aromatic heterocycles. The minimum Gasteiger partial charge on any atom is -0.366 e. The number of sulfone groups is 1. The second kappa shape index (κ2) is 9.36. The third kappa shape index (κ3) is 4.98. The van der Waals surface area contributed by atoms with E-state index in [0.717, 1.165) is 22.5 Å². The summed E-state index contributed by atoms with van der Waals surface area (Å²) in [5.41, 5.74) is 9.49. The average molecular weight is 514 g/mol. The van der Waals surface area contributed by atoms with E-state index in [1.54, 1.807) is 48.7 Å². The standard InChI is InChI=1S/C26H23N7O3S/c1-33(18-10-12-19(13-11-18)37(2,35)36)22-14-15-28-26(31-22)29-17-8-6-16(7-9-17)25-30-21-5-3-4-20(24(27)34)23(21)32-25/h3-15H,1-2H3,(H2,27,34)(H,30,32)(H,28,29,31). The van der Waals surface area contributed by atoms with Crippen molar-refractivity contribution in [2.45, 2.75) is 4.90 Å². The predicted octanol–water partition coefficient (Wildman–Crippen LogP) is 4.03. The molecule has 11 heteroatoms. The summed E-state index contributed by atoms with van der Waals surface area (Å²) in [4.78, 5) is 30.4. The normalized spacial score (nSPS) is 11.4. The molecule has 0 aliphatic carbocycles. The minimum absolute atomic E-state index is 0.258. The van der Waals surface area contributed by atoms with Gasteiger partial charge in [0, 0.05) is 36.4 Å². The van der Waals surface area contributed by atoms with E-state index >= 15 is 0 Å². The topological polar surface area (TPSA) is 147 Å². The third-order valence-electron chi connectivity index (χ3n) is 5.83. The number of benzene rings is 3. The van der Waals surface area contributed by atoms with Crippen molar-refractivity contribution in [1.29, 1.82) is 0 Å². The Bertz CT molecular complexity index is 1710. The van der Waals surface area contributed by atoms with Crippen molar-refractivity contribution < 1.29 is 13.2 Å². The molecule has 0 aliphatic rings. The summed E-state index contributed by atoms with van der Waals surface area (Å²) < 4.78 is 23.4. The van der Waals surface area contributed by atoms with E-state index in [4.69, 9.17) is 5.73 Å². The van der Waals surface area contributed by atoms with Crippen molar-refractivity contribution in [3.05, 3.63) is 84.6 Å². The maximum absolute atomic E-state index is 11.7. The van der Waals surface area contributed by atoms with Crippen LogP contribution in [0.4, 0.5) is 23.1 Å². The maximum Gasteiger partial charge on any atom is 0.250 e. The van der Waals surface area contributed by atoms with Gasteiger partial charge in [-0.2, -0.15) is 4.98 Å². The lowest BCUT2D eigenvalue weighted by atomic mass is 10.2. The van der Waals surface area contributed by atoms with E-state index < -0.39 is 15.7 Å². The number of carbonyl (C=O) groups is 1. The summed E-state index contributed by atoms with van der Waals surface area (Å²) in [6, 6.07) is 21.2. The molecule has 5 aromatic rings. The number of hydrogen-bond donors (Lipinski definition) is 3. The van der Waals surface area contributed by atoms with Crippen LogP contribution < -0.4 is 16.0 Å². The van der Waals surface area contributed by atoms with Crippen LogP contribution in [0, 0.1) is 0 Å². The second-order valence-electron chi connectivity index (χ2n) is 8.42. The second-order valence-corrected chi connectivity index (χ2v) is 10.4. The number of nitrogens with two attached hydrogens (primary N) is 1. The highest BCUT2D eigenvalue weighted by atomic mass is 32.2. The van der Waals surface area contributed by atoms with Crippen LogP contribution in [0.5, 0.6) is 0 Å². The molecule has 37 heavy (non-hydrogen) atoms. The Hall–Kier alpha value is -4.77. The van der Waals surface area contributed by atoms with Gasteiger partial charge >= 0.3 is 0 Å². The average Bonchev–Trinajstić information content (AvgIpc) is 3.33. The number of para-hydroxylation sites is 1. The van der Waals surface area contributed by atoms with Crippen LogP contribution in [0.15, 0.2) is 83.9 Å². The molecular weight excluding hydrogens is 490 g/mol. The van der Waals surface area contributed by atoms with Gasteiger partial charge in [-0.3, -0.25) is 4.79 Å². The van der Waals surface area contributed by atoms with E-state index in [1.165, 1.54) is 6.26 Å². The summed E-state index contributed by atoms with van der Waals surface area (Å²) in [5.74, 6) is 1.13. The quantitative estimate of drug-likeness (QED) is 0.295. The summed E-state index contributed by atoms with van der Waals surface area (Å²) in [7, 11) is -1.42. The molecule has 0 aliphatic heterocycles. The van der Waals surface area contributed by atoms with Crippen LogP contribution in [0.25, 0.3) is 22.4 Å². The number of carbonyl (C=O) groups excluding carboxylic acids is 1. The largest absolute Gasteiger partial charge is 0.366 e. The zero-order valence-electron chi connectivity index (χ0n) is 20.0. The van der Waals surface area contributed by atoms with Gasteiger partial charge < -0.3 is 20.9 Å². The van der Waals surface area contributed by atoms with Gasteiger partial charge in [-0.25, -0.2) is 18.4 Å². The molecule has 186 valence electrons. The number of nitrogens with zero attached hydrogens (tertiary/aromatic N) is 4. The van der Waals surface area contributed by atoms with Gasteiger partial charge in [-0.1, -0.05) is 6.07 Å². The molecule has 10 nitrogen and oxygen atoms in total. The first-order chi connectivity index (χ1) is 17.7. The molecule has 0 saturated carbocycles. The number of fused-ring (bicyclic) bond motifs is 1. The number of amides is 1. The summed E-state index contributed by atoms with van der Waals surface area (Å²) >= 11 is 0. The smallest absolute Gasteiger partial charge is 0.250 e. The van der Waals surface area contributed by atoms with Gasteiger partial charge in [0.2, 0.25) is 5.95 Å². The molecule has 0 saturated heterocycles. The molecule has 2 heterocycles. The van der Waals surface area contributed by atoms with Crippen molar-refractivity contribution in [3.63, 3.8) is 0 Å². The van der Waals surface area contributed by atoms with Gasteiger partial charge in [0.25, 0.3) is 5.91 Å². The van der Waals surface area contributed by atoms with Crippen LogP contribution in [-0.2, 0) is 9.84 Å². The summed E-state index contributed by atoms with van der Waals surface area (Å²) in [6.45, 7) is 0. The van der Waals surface area contributed by atoms with Gasteiger partial charge in [-0.15, -0.1) is 0 Å². The third-order valence-corrected chi connectivity index (χ3v) is 6.96. The number of primary amides is 1. The fourth-order valence-corrected chi connectivity index (χ4v) is 4.48. The lowest BCUT2D eigenvalue weighted by Crippen LogP contribution is -2.12. The van der Waals surface area contributed by atoms with E-state index in [-0.39, 0.29) is 4.90 Å². The van der Waals surface area contributed by atoms with E-state index in [9.17, 15) is 13.2 Å². The Kier molecular flexibility index (Phi) is 6.06. The number of hydrogen-bond acceptors (Lipinski definition) is 8. The van der Waals surface area contributed by atoms with Gasteiger partial charge in [-0.05, 0) is 66.7 Å². The van der Waals surface area contributed by atoms with Crippen molar-refractivity contribution in [1.82, 2.24) is 19.9 Å². The number of aromatic amines is 1. The highest BCUT2D eigenvalue weighted by molar-refractivity contribution is 7.90. The molecule has 5 rings (SSSR count). The first-order valence-corrected chi connectivity index (χ1v) is 13.1. The minimum atomic E-state index is -3.26. The highest BCUT2D eigenvalue weighted by Gasteiger charge is 2.13. The van der Waals surface area contributed by atoms with Crippen molar-refractivity contribution >= 4 is 49.9 Å². The lowest BCUT2D eigenvalue weighted by molar-refractivity contribution is 0.100. The van der Waals surface area contributed by atoms with Crippen LogP contribution in [0.2, 0.25) is 0 Å². The zero-order valence-corrected chi connectivity index (χ0v) is 20.8. The highest BCUT2D eigenvalue weighted by Crippen LogP contribution is 2.26. The van der Waals surface area contributed by atoms with Crippen molar-refractivity contribution in [2.24, 2.45) is 5.73 Å². The SMILES string of the molecule is CN(c1ccc(S(C)(=O)=O)cc1)c1ccnc(Nc2ccc(-c3nc4c(C(N)=O)cccc4[nH]3)cc2)n1. The molecule has 3 aromatic carbocycles. The molecule has 0 bridgehead atoms. The van der Waals surface area contributed by atoms with Crippen LogP contribution in [0.1, 0.15) is 10.4 Å². The molecule has 0 unspecified atom stereocenters.